The molecule has 2 atom stereocenters. The van der Waals surface area contributed by atoms with Crippen LogP contribution in [0.25, 0.3) is 22.2 Å². The molecule has 0 unspecified atom stereocenters. The van der Waals surface area contributed by atoms with E-state index in [2.05, 4.69) is 59.3 Å². The molecule has 1 N–H and O–H groups in total. The first-order chi connectivity index (χ1) is 18.6. The monoisotopic (exact) mass is 545 g/mol. The Labute approximate surface area is 229 Å². The molecule has 4 heterocycles. The summed E-state index contributed by atoms with van der Waals surface area (Å²) in [6.45, 7) is 9.21. The molecule has 1 aliphatic heterocycles. The number of anilines is 3. The highest BCUT2D eigenvalue weighted by Crippen LogP contribution is 2.40. The van der Waals surface area contributed by atoms with Crippen LogP contribution in [-0.4, -0.2) is 57.7 Å². The van der Waals surface area contributed by atoms with Crippen molar-refractivity contribution in [3.63, 3.8) is 0 Å². The molecule has 0 bridgehead atoms. The molecular weight excluding hydrogens is 510 g/mol. The van der Waals surface area contributed by atoms with Crippen molar-refractivity contribution in [2.24, 2.45) is 5.92 Å². The van der Waals surface area contributed by atoms with E-state index in [0.717, 1.165) is 34.3 Å². The second-order valence-electron chi connectivity index (χ2n) is 11.4. The molecule has 0 amide bonds. The van der Waals surface area contributed by atoms with Crippen molar-refractivity contribution in [2.45, 2.75) is 58.5 Å². The van der Waals surface area contributed by atoms with Crippen molar-refractivity contribution in [1.82, 2.24) is 24.7 Å². The van der Waals surface area contributed by atoms with E-state index in [4.69, 9.17) is 9.97 Å². The summed E-state index contributed by atoms with van der Waals surface area (Å²) >= 11 is 0. The molecule has 1 aromatic carbocycles. The maximum atomic E-state index is 11.8. The van der Waals surface area contributed by atoms with Crippen LogP contribution >= 0.6 is 0 Å². The van der Waals surface area contributed by atoms with Gasteiger partial charge in [-0.1, -0.05) is 19.9 Å². The number of hydrogen-bond donors (Lipinski definition) is 1. The van der Waals surface area contributed by atoms with Crippen LogP contribution in [0.15, 0.2) is 42.9 Å². The van der Waals surface area contributed by atoms with Gasteiger partial charge in [-0.2, -0.15) is 5.10 Å². The van der Waals surface area contributed by atoms with Crippen molar-refractivity contribution < 1.29 is 8.42 Å². The molecule has 2 fully saturated rings. The Hall–Kier alpha value is -3.53. The van der Waals surface area contributed by atoms with E-state index in [-0.39, 0.29) is 17.7 Å². The Bertz CT molecular complexity index is 1660. The SMILES string of the molecule is Cc1nn(C2CC2)cc1-c1nccc(Nc2cc3c(C(C)C)ccc(N4C[C@H](CS(C)(=O)=O)[C@H]4C)c3cn2)n1. The van der Waals surface area contributed by atoms with E-state index in [1.807, 2.05) is 30.1 Å². The van der Waals surface area contributed by atoms with E-state index in [9.17, 15) is 8.42 Å². The van der Waals surface area contributed by atoms with Crippen molar-refractivity contribution in [2.75, 3.05) is 28.8 Å². The third-order valence-corrected chi connectivity index (χ3v) is 8.99. The van der Waals surface area contributed by atoms with Crippen molar-refractivity contribution >= 4 is 37.9 Å². The van der Waals surface area contributed by atoms with Crippen LogP contribution < -0.4 is 10.2 Å². The van der Waals surface area contributed by atoms with Gasteiger partial charge in [-0.25, -0.2) is 23.4 Å². The quantitative estimate of drug-likeness (QED) is 0.319. The average Bonchev–Trinajstić information content (AvgIpc) is 3.66. The van der Waals surface area contributed by atoms with E-state index in [1.54, 1.807) is 6.20 Å². The number of nitrogens with zero attached hydrogens (tertiary/aromatic N) is 6. The first kappa shape index (κ1) is 25.7. The van der Waals surface area contributed by atoms with Crippen molar-refractivity contribution in [3.05, 3.63) is 54.1 Å². The first-order valence-corrected chi connectivity index (χ1v) is 15.7. The van der Waals surface area contributed by atoms with Gasteiger partial charge < -0.3 is 10.2 Å². The molecule has 1 saturated heterocycles. The lowest BCUT2D eigenvalue weighted by atomic mass is 9.88. The van der Waals surface area contributed by atoms with Gasteiger partial charge in [0.1, 0.15) is 21.5 Å². The van der Waals surface area contributed by atoms with Gasteiger partial charge in [0.25, 0.3) is 0 Å². The highest BCUT2D eigenvalue weighted by Gasteiger charge is 2.38. The summed E-state index contributed by atoms with van der Waals surface area (Å²) in [5.41, 5.74) is 4.21. The summed E-state index contributed by atoms with van der Waals surface area (Å²) in [5.74, 6) is 2.73. The molecule has 2 aliphatic rings. The average molecular weight is 546 g/mol. The van der Waals surface area contributed by atoms with Gasteiger partial charge in [-0.05, 0) is 61.8 Å². The number of aryl methyl sites for hydroxylation is 1. The van der Waals surface area contributed by atoms with Crippen LogP contribution in [0.2, 0.25) is 0 Å². The topological polar surface area (TPSA) is 106 Å². The largest absolute Gasteiger partial charge is 0.368 e. The molecule has 1 aliphatic carbocycles. The number of benzene rings is 1. The van der Waals surface area contributed by atoms with Crippen LogP contribution in [0.3, 0.4) is 0 Å². The van der Waals surface area contributed by atoms with Crippen molar-refractivity contribution in [3.8, 4) is 11.4 Å². The van der Waals surface area contributed by atoms with Gasteiger partial charge in [0.15, 0.2) is 5.82 Å². The fourth-order valence-corrected chi connectivity index (χ4v) is 6.73. The number of hydrogen-bond acceptors (Lipinski definition) is 8. The molecule has 204 valence electrons. The number of rotatable bonds is 8. The van der Waals surface area contributed by atoms with Gasteiger partial charge in [0.05, 0.1) is 23.1 Å². The third-order valence-electron chi connectivity index (χ3n) is 7.96. The number of nitrogens with one attached hydrogen (secondary N) is 1. The number of pyridine rings is 1. The normalized spacial score (nSPS) is 19.5. The van der Waals surface area contributed by atoms with Crippen LogP contribution in [0.5, 0.6) is 0 Å². The minimum atomic E-state index is -3.00. The first-order valence-electron chi connectivity index (χ1n) is 13.6. The molecule has 1 saturated carbocycles. The Morgan fingerprint density at radius 3 is 2.59 bits per heavy atom. The lowest BCUT2D eigenvalue weighted by Crippen LogP contribution is -2.57. The predicted molar refractivity (Wildman–Crippen MR) is 155 cm³/mol. The summed E-state index contributed by atoms with van der Waals surface area (Å²) < 4.78 is 25.7. The summed E-state index contributed by atoms with van der Waals surface area (Å²) in [6.07, 6.45) is 9.39. The van der Waals surface area contributed by atoms with E-state index < -0.39 is 9.84 Å². The van der Waals surface area contributed by atoms with E-state index in [0.29, 0.717) is 29.4 Å². The maximum Gasteiger partial charge on any atom is 0.164 e. The lowest BCUT2D eigenvalue weighted by Gasteiger charge is -2.48. The lowest BCUT2D eigenvalue weighted by molar-refractivity contribution is 0.342. The molecule has 6 rings (SSSR count). The Morgan fingerprint density at radius 2 is 1.90 bits per heavy atom. The fraction of sp³-hybridized carbons (Fsp3) is 0.448. The Kier molecular flexibility index (Phi) is 6.32. The molecule has 3 aromatic heterocycles. The van der Waals surface area contributed by atoms with Crippen molar-refractivity contribution in [1.29, 1.82) is 0 Å². The molecule has 4 aromatic rings. The summed E-state index contributed by atoms with van der Waals surface area (Å²) in [6, 6.07) is 8.93. The van der Waals surface area contributed by atoms with Crippen LogP contribution in [-0.2, 0) is 9.84 Å². The van der Waals surface area contributed by atoms with Gasteiger partial charge >= 0.3 is 0 Å². The van der Waals surface area contributed by atoms with Gasteiger partial charge in [0.2, 0.25) is 0 Å². The molecule has 9 nitrogen and oxygen atoms in total. The minimum Gasteiger partial charge on any atom is -0.368 e. The molecule has 0 radical (unpaired) electrons. The molecule has 0 spiro atoms. The fourth-order valence-electron chi connectivity index (χ4n) is 5.57. The second-order valence-corrected chi connectivity index (χ2v) is 13.6. The van der Waals surface area contributed by atoms with Crippen LogP contribution in [0.4, 0.5) is 17.3 Å². The number of fused-ring (bicyclic) bond motifs is 1. The molecule has 10 heteroatoms. The Balaban J connectivity index is 1.30. The molecular formula is C29H35N7O2S. The summed E-state index contributed by atoms with van der Waals surface area (Å²) in [7, 11) is -3.00. The maximum absolute atomic E-state index is 11.8. The van der Waals surface area contributed by atoms with Crippen LogP contribution in [0.1, 0.15) is 56.8 Å². The summed E-state index contributed by atoms with van der Waals surface area (Å²) in [4.78, 5) is 16.3. The zero-order valence-electron chi connectivity index (χ0n) is 23.1. The zero-order valence-corrected chi connectivity index (χ0v) is 23.9. The van der Waals surface area contributed by atoms with Gasteiger partial charge in [-0.15, -0.1) is 0 Å². The smallest absolute Gasteiger partial charge is 0.164 e. The second kappa shape index (κ2) is 9.59. The standard InChI is InChI=1S/C29H35N7O2S/c1-17(2)22-8-9-26(35-14-20(19(35)4)16-39(5,37)38)24-13-31-28(12-23(22)24)32-27-10-11-30-29(33-27)25-15-36(21-6-7-21)34-18(25)3/h8-13,15,17,19-21H,6-7,14,16H2,1-5H3,(H,30,31,32,33)/t19-,20-/m1/s1. The van der Waals surface area contributed by atoms with E-state index in [1.165, 1.54) is 24.7 Å². The third kappa shape index (κ3) is 5.09. The summed E-state index contributed by atoms with van der Waals surface area (Å²) in [5, 5.41) is 10.2. The Morgan fingerprint density at radius 1 is 1.10 bits per heavy atom. The highest BCUT2D eigenvalue weighted by atomic mass is 32.2. The highest BCUT2D eigenvalue weighted by molar-refractivity contribution is 7.90. The zero-order chi connectivity index (χ0) is 27.5. The van der Waals surface area contributed by atoms with Gasteiger partial charge in [0, 0.05) is 54.4 Å². The number of aromatic nitrogens is 5. The minimum absolute atomic E-state index is 0.140. The molecule has 39 heavy (non-hydrogen) atoms. The van der Waals surface area contributed by atoms with Gasteiger partial charge in [-0.3, -0.25) is 4.68 Å². The van der Waals surface area contributed by atoms with E-state index >= 15 is 0 Å². The number of sulfone groups is 1. The van der Waals surface area contributed by atoms with Crippen LogP contribution in [0, 0.1) is 12.8 Å². The predicted octanol–water partition coefficient (Wildman–Crippen LogP) is 5.27.